The number of carbonyl (C=O) groups is 2. The Labute approximate surface area is 164 Å². The van der Waals surface area contributed by atoms with Crippen molar-refractivity contribution in [1.29, 1.82) is 0 Å². The lowest BCUT2D eigenvalue weighted by atomic mass is 10.0. The fourth-order valence-electron chi connectivity index (χ4n) is 3.55. The fourth-order valence-corrected chi connectivity index (χ4v) is 3.55. The molecule has 0 aromatic heterocycles. The van der Waals surface area contributed by atoms with E-state index in [1.165, 1.54) is 0 Å². The molecule has 1 unspecified atom stereocenters. The third-order valence-electron chi connectivity index (χ3n) is 4.98. The number of urea groups is 1. The average molecular weight is 383 g/mol. The molecule has 1 saturated heterocycles. The van der Waals surface area contributed by atoms with E-state index in [4.69, 9.17) is 15.2 Å². The van der Waals surface area contributed by atoms with Crippen LogP contribution >= 0.6 is 0 Å². The van der Waals surface area contributed by atoms with Crippen LogP contribution in [-0.2, 0) is 6.54 Å². The Balaban J connectivity index is 1.81. The van der Waals surface area contributed by atoms with Crippen molar-refractivity contribution in [2.75, 3.05) is 20.8 Å². The molecule has 2 aromatic carbocycles. The first-order valence-electron chi connectivity index (χ1n) is 9.18. The first-order chi connectivity index (χ1) is 13.5. The minimum absolute atomic E-state index is 0.0261. The van der Waals surface area contributed by atoms with E-state index in [9.17, 15) is 9.59 Å². The van der Waals surface area contributed by atoms with Crippen LogP contribution in [0.25, 0.3) is 0 Å². The molecule has 0 aliphatic carbocycles. The molecule has 3 N–H and O–H groups in total. The summed E-state index contributed by atoms with van der Waals surface area (Å²) in [6.07, 6.45) is 1.80. The molecule has 7 heteroatoms. The number of hydrogen-bond donors (Lipinski definition) is 2. The van der Waals surface area contributed by atoms with Gasteiger partial charge in [0.25, 0.3) is 5.91 Å². The monoisotopic (exact) mass is 383 g/mol. The summed E-state index contributed by atoms with van der Waals surface area (Å²) in [5.41, 5.74) is 7.53. The topological polar surface area (TPSA) is 93.9 Å². The van der Waals surface area contributed by atoms with Gasteiger partial charge in [-0.15, -0.1) is 0 Å². The van der Waals surface area contributed by atoms with Gasteiger partial charge in [0.1, 0.15) is 11.5 Å². The highest BCUT2D eigenvalue weighted by atomic mass is 16.5. The van der Waals surface area contributed by atoms with Crippen LogP contribution in [0.3, 0.4) is 0 Å². The van der Waals surface area contributed by atoms with Crippen LogP contribution in [0.4, 0.5) is 4.79 Å². The minimum Gasteiger partial charge on any atom is -0.497 e. The zero-order valence-electron chi connectivity index (χ0n) is 16.1. The molecule has 3 rings (SSSR count). The predicted octanol–water partition coefficient (Wildman–Crippen LogP) is 2.85. The first-order valence-corrected chi connectivity index (χ1v) is 9.18. The molecule has 148 valence electrons. The van der Waals surface area contributed by atoms with E-state index in [-0.39, 0.29) is 11.9 Å². The van der Waals surface area contributed by atoms with Gasteiger partial charge in [-0.1, -0.05) is 12.1 Å². The number of nitrogens with one attached hydrogen (secondary N) is 1. The number of likely N-dealkylation sites (tertiary alicyclic amines) is 1. The number of rotatable bonds is 6. The average Bonchev–Trinajstić information content (AvgIpc) is 3.21. The van der Waals surface area contributed by atoms with Crippen molar-refractivity contribution in [3.05, 3.63) is 59.2 Å². The molecule has 0 spiro atoms. The number of amides is 3. The minimum atomic E-state index is -0.577. The Kier molecular flexibility index (Phi) is 6.03. The van der Waals surface area contributed by atoms with Gasteiger partial charge < -0.3 is 25.4 Å². The predicted molar refractivity (Wildman–Crippen MR) is 105 cm³/mol. The van der Waals surface area contributed by atoms with E-state index in [1.54, 1.807) is 26.4 Å². The molecule has 1 atom stereocenters. The highest BCUT2D eigenvalue weighted by Crippen LogP contribution is 2.39. The second-order valence-electron chi connectivity index (χ2n) is 6.68. The van der Waals surface area contributed by atoms with Gasteiger partial charge in [0, 0.05) is 24.2 Å². The van der Waals surface area contributed by atoms with Crippen molar-refractivity contribution < 1.29 is 19.1 Å². The number of ether oxygens (including phenoxy) is 2. The molecule has 1 heterocycles. The Morgan fingerprint density at radius 1 is 1.14 bits per heavy atom. The lowest BCUT2D eigenvalue weighted by Gasteiger charge is -2.27. The van der Waals surface area contributed by atoms with Gasteiger partial charge in [-0.05, 0) is 48.7 Å². The van der Waals surface area contributed by atoms with Gasteiger partial charge in [-0.3, -0.25) is 4.79 Å². The summed E-state index contributed by atoms with van der Waals surface area (Å²) >= 11 is 0. The molecule has 28 heavy (non-hydrogen) atoms. The van der Waals surface area contributed by atoms with Gasteiger partial charge in [0.15, 0.2) is 0 Å². The Hall–Kier alpha value is -3.22. The van der Waals surface area contributed by atoms with Crippen molar-refractivity contribution in [1.82, 2.24) is 10.2 Å². The number of nitrogens with two attached hydrogens (primary N) is 1. The quantitative estimate of drug-likeness (QED) is 0.802. The third kappa shape index (κ3) is 4.19. The highest BCUT2D eigenvalue weighted by Gasteiger charge is 2.32. The highest BCUT2D eigenvalue weighted by molar-refractivity contribution is 5.94. The smallest absolute Gasteiger partial charge is 0.312 e. The summed E-state index contributed by atoms with van der Waals surface area (Å²) in [5, 5.41) is 2.54. The molecule has 1 fully saturated rings. The molecule has 0 bridgehead atoms. The van der Waals surface area contributed by atoms with Crippen molar-refractivity contribution in [2.45, 2.75) is 25.4 Å². The van der Waals surface area contributed by atoms with Gasteiger partial charge in [-0.2, -0.15) is 0 Å². The molecular weight excluding hydrogens is 358 g/mol. The van der Waals surface area contributed by atoms with E-state index < -0.39 is 6.03 Å². The maximum absolute atomic E-state index is 13.1. The van der Waals surface area contributed by atoms with Gasteiger partial charge in [-0.25, -0.2) is 4.79 Å². The molecular formula is C21H25N3O4. The fraction of sp³-hybridized carbons (Fsp3) is 0.333. The Bertz CT molecular complexity index is 851. The summed E-state index contributed by atoms with van der Waals surface area (Å²) < 4.78 is 10.9. The van der Waals surface area contributed by atoms with Crippen molar-refractivity contribution in [3.8, 4) is 11.5 Å². The van der Waals surface area contributed by atoms with Gasteiger partial charge in [0.2, 0.25) is 0 Å². The van der Waals surface area contributed by atoms with Crippen LogP contribution in [0, 0.1) is 0 Å². The normalized spacial score (nSPS) is 15.9. The van der Waals surface area contributed by atoms with Crippen LogP contribution < -0.4 is 20.5 Å². The maximum Gasteiger partial charge on any atom is 0.312 e. The Morgan fingerprint density at radius 2 is 1.89 bits per heavy atom. The molecule has 3 amide bonds. The lowest BCUT2D eigenvalue weighted by molar-refractivity contribution is 0.0734. The number of benzene rings is 2. The largest absolute Gasteiger partial charge is 0.497 e. The van der Waals surface area contributed by atoms with Gasteiger partial charge in [0.05, 0.1) is 20.3 Å². The molecule has 2 aromatic rings. The van der Waals surface area contributed by atoms with Crippen LogP contribution in [0.5, 0.6) is 11.5 Å². The van der Waals surface area contributed by atoms with E-state index in [1.807, 2.05) is 35.2 Å². The van der Waals surface area contributed by atoms with E-state index in [0.29, 0.717) is 18.7 Å². The van der Waals surface area contributed by atoms with E-state index >= 15 is 0 Å². The Morgan fingerprint density at radius 3 is 2.54 bits per heavy atom. The summed E-state index contributed by atoms with van der Waals surface area (Å²) in [6, 6.07) is 12.2. The molecule has 7 nitrogen and oxygen atoms in total. The summed E-state index contributed by atoms with van der Waals surface area (Å²) in [4.78, 5) is 25.8. The van der Waals surface area contributed by atoms with Crippen LogP contribution in [-0.4, -0.2) is 37.6 Å². The van der Waals surface area contributed by atoms with Crippen LogP contribution in [0.1, 0.15) is 40.4 Å². The van der Waals surface area contributed by atoms with Crippen molar-refractivity contribution >= 4 is 11.9 Å². The van der Waals surface area contributed by atoms with Crippen LogP contribution in [0.2, 0.25) is 0 Å². The second kappa shape index (κ2) is 8.65. The third-order valence-corrected chi connectivity index (χ3v) is 4.98. The summed E-state index contributed by atoms with van der Waals surface area (Å²) in [7, 11) is 3.25. The number of nitrogens with zero attached hydrogens (tertiary/aromatic N) is 1. The maximum atomic E-state index is 13.1. The summed E-state index contributed by atoms with van der Waals surface area (Å²) in [6.45, 7) is 1.02. The van der Waals surface area contributed by atoms with Crippen molar-refractivity contribution in [2.24, 2.45) is 5.73 Å². The molecule has 0 radical (unpaired) electrons. The molecule has 0 saturated carbocycles. The number of methoxy groups -OCH3 is 2. The van der Waals surface area contributed by atoms with Gasteiger partial charge >= 0.3 is 6.03 Å². The first kappa shape index (κ1) is 19.5. The molecule has 1 aliphatic rings. The van der Waals surface area contributed by atoms with E-state index in [0.717, 1.165) is 35.5 Å². The number of hydrogen-bond acceptors (Lipinski definition) is 4. The van der Waals surface area contributed by atoms with E-state index in [2.05, 4.69) is 5.32 Å². The molecule has 1 aliphatic heterocycles. The second-order valence-corrected chi connectivity index (χ2v) is 6.68. The number of primary amides is 1. The lowest BCUT2D eigenvalue weighted by Crippen LogP contribution is -2.31. The summed E-state index contributed by atoms with van der Waals surface area (Å²) in [5.74, 6) is 1.46. The zero-order chi connectivity index (χ0) is 20.1. The zero-order valence-corrected chi connectivity index (χ0v) is 16.1. The number of carbonyl (C=O) groups excluding carboxylic acids is 2. The SMILES string of the molecule is COc1ccc(OC)c(C2CCCN2C(=O)c2ccc(CNC(N)=O)cc2)c1. The van der Waals surface area contributed by atoms with Crippen molar-refractivity contribution in [3.63, 3.8) is 0 Å². The van der Waals surface area contributed by atoms with Crippen LogP contribution in [0.15, 0.2) is 42.5 Å². The standard InChI is InChI=1S/C21H25N3O4/c1-27-16-9-10-19(28-2)17(12-16)18-4-3-11-24(18)20(25)15-7-5-14(6-8-15)13-23-21(22)26/h5-10,12,18H,3-4,11,13H2,1-2H3,(H3,22,23,26).